The Hall–Kier alpha value is -1.74. The summed E-state index contributed by atoms with van der Waals surface area (Å²) in [6, 6.07) is -1.03. The van der Waals surface area contributed by atoms with E-state index in [4.69, 9.17) is 9.84 Å². The van der Waals surface area contributed by atoms with Crippen molar-refractivity contribution in [2.24, 2.45) is 5.92 Å². The van der Waals surface area contributed by atoms with Gasteiger partial charge in [0.1, 0.15) is 10.9 Å². The van der Waals surface area contributed by atoms with Gasteiger partial charge in [-0.3, -0.25) is 10.1 Å². The fourth-order valence-electron chi connectivity index (χ4n) is 1.69. The number of carbonyl (C=O) groups excluding carboxylic acids is 1. The molecule has 2 rings (SSSR count). The monoisotopic (exact) mass is 286 g/mol. The number of ether oxygens (including phenoxy) is 1. The van der Waals surface area contributed by atoms with Crippen LogP contribution in [0.25, 0.3) is 0 Å². The molecule has 9 heteroatoms. The van der Waals surface area contributed by atoms with Crippen LogP contribution in [0, 0.1) is 5.92 Å². The molecule has 3 N–H and O–H groups in total. The molecular formula is C10H14N4O4S. The van der Waals surface area contributed by atoms with Gasteiger partial charge in [0.25, 0.3) is 0 Å². The molecule has 1 saturated heterocycles. The van der Waals surface area contributed by atoms with Crippen LogP contribution in [-0.4, -0.2) is 46.6 Å². The van der Waals surface area contributed by atoms with Gasteiger partial charge in [-0.05, 0) is 6.42 Å². The van der Waals surface area contributed by atoms with E-state index in [2.05, 4.69) is 20.8 Å². The van der Waals surface area contributed by atoms with E-state index < -0.39 is 24.0 Å². The van der Waals surface area contributed by atoms with Crippen LogP contribution in [0.15, 0.2) is 0 Å². The predicted molar refractivity (Wildman–Crippen MR) is 67.2 cm³/mol. The first-order chi connectivity index (χ1) is 9.10. The van der Waals surface area contributed by atoms with Gasteiger partial charge in [-0.15, -0.1) is 10.2 Å². The molecule has 1 aliphatic rings. The Kier molecular flexibility index (Phi) is 4.27. The largest absolute Gasteiger partial charge is 0.481 e. The van der Waals surface area contributed by atoms with Gasteiger partial charge in [0.2, 0.25) is 5.13 Å². The van der Waals surface area contributed by atoms with E-state index in [0.29, 0.717) is 5.13 Å². The molecule has 1 aliphatic heterocycles. The zero-order valence-corrected chi connectivity index (χ0v) is 11.1. The molecule has 1 aromatic rings. The maximum atomic E-state index is 11.7. The summed E-state index contributed by atoms with van der Waals surface area (Å²) in [5.41, 5.74) is 0. The average molecular weight is 286 g/mol. The number of urea groups is 1. The number of hydrogen-bond acceptors (Lipinski definition) is 6. The smallest absolute Gasteiger partial charge is 0.321 e. The third-order valence-electron chi connectivity index (χ3n) is 2.70. The SMILES string of the molecule is CCc1nnc(NC(=O)NC2COCC2C(=O)O)s1. The van der Waals surface area contributed by atoms with Gasteiger partial charge >= 0.3 is 12.0 Å². The lowest BCUT2D eigenvalue weighted by atomic mass is 10.0. The number of rotatable bonds is 4. The number of aromatic nitrogens is 2. The van der Waals surface area contributed by atoms with Crippen LogP contribution >= 0.6 is 11.3 Å². The van der Waals surface area contributed by atoms with E-state index in [1.54, 1.807) is 0 Å². The van der Waals surface area contributed by atoms with Gasteiger partial charge in [0, 0.05) is 0 Å². The highest BCUT2D eigenvalue weighted by Gasteiger charge is 2.35. The number of carbonyl (C=O) groups is 2. The Morgan fingerprint density at radius 3 is 2.89 bits per heavy atom. The van der Waals surface area contributed by atoms with Gasteiger partial charge in [0.15, 0.2) is 0 Å². The first kappa shape index (κ1) is 13.7. The number of hydrogen-bond donors (Lipinski definition) is 3. The number of aryl methyl sites for hydroxylation is 1. The molecule has 0 aromatic carbocycles. The normalized spacial score (nSPS) is 22.2. The summed E-state index contributed by atoms with van der Waals surface area (Å²) >= 11 is 1.28. The highest BCUT2D eigenvalue weighted by atomic mass is 32.1. The Bertz CT molecular complexity index is 478. The van der Waals surface area contributed by atoms with E-state index in [0.717, 1.165) is 11.4 Å². The minimum Gasteiger partial charge on any atom is -0.481 e. The summed E-state index contributed by atoms with van der Waals surface area (Å²) in [5, 5.41) is 22.9. The van der Waals surface area contributed by atoms with Crippen LogP contribution in [0.2, 0.25) is 0 Å². The number of nitrogens with zero attached hydrogens (tertiary/aromatic N) is 2. The highest BCUT2D eigenvalue weighted by Crippen LogP contribution is 2.16. The number of carboxylic acids is 1. The van der Waals surface area contributed by atoms with Crippen LogP contribution in [0.5, 0.6) is 0 Å². The van der Waals surface area contributed by atoms with E-state index >= 15 is 0 Å². The second kappa shape index (κ2) is 5.93. The Morgan fingerprint density at radius 1 is 1.47 bits per heavy atom. The van der Waals surface area contributed by atoms with Crippen molar-refractivity contribution in [3.8, 4) is 0 Å². The quantitative estimate of drug-likeness (QED) is 0.734. The Labute approximate surface area is 113 Å². The third kappa shape index (κ3) is 3.38. The molecule has 1 fully saturated rings. The van der Waals surface area contributed by atoms with E-state index in [1.807, 2.05) is 6.92 Å². The predicted octanol–water partition coefficient (Wildman–Crippen LogP) is 0.322. The van der Waals surface area contributed by atoms with Crippen molar-refractivity contribution in [1.82, 2.24) is 15.5 Å². The molecule has 1 aromatic heterocycles. The summed E-state index contributed by atoms with van der Waals surface area (Å²) in [7, 11) is 0. The minimum absolute atomic E-state index is 0.110. The van der Waals surface area contributed by atoms with Crippen molar-refractivity contribution in [3.63, 3.8) is 0 Å². The molecule has 2 heterocycles. The van der Waals surface area contributed by atoms with E-state index in [-0.39, 0.29) is 13.2 Å². The number of aliphatic carboxylic acids is 1. The summed E-state index contributed by atoms with van der Waals surface area (Å²) < 4.78 is 5.05. The van der Waals surface area contributed by atoms with Crippen molar-refractivity contribution in [1.29, 1.82) is 0 Å². The first-order valence-electron chi connectivity index (χ1n) is 5.80. The summed E-state index contributed by atoms with van der Waals surface area (Å²) in [6.07, 6.45) is 0.749. The topological polar surface area (TPSA) is 113 Å². The molecule has 19 heavy (non-hydrogen) atoms. The molecule has 0 spiro atoms. The van der Waals surface area contributed by atoms with Crippen molar-refractivity contribution in [2.75, 3.05) is 18.5 Å². The first-order valence-corrected chi connectivity index (χ1v) is 6.62. The molecule has 2 amide bonds. The fraction of sp³-hybridized carbons (Fsp3) is 0.600. The lowest BCUT2D eigenvalue weighted by Crippen LogP contribution is -2.44. The van der Waals surface area contributed by atoms with Gasteiger partial charge < -0.3 is 15.2 Å². The molecule has 0 aliphatic carbocycles. The lowest BCUT2D eigenvalue weighted by molar-refractivity contribution is -0.142. The van der Waals surface area contributed by atoms with Gasteiger partial charge in [-0.2, -0.15) is 0 Å². The van der Waals surface area contributed by atoms with Crippen molar-refractivity contribution in [2.45, 2.75) is 19.4 Å². The summed E-state index contributed by atoms with van der Waals surface area (Å²) in [5.74, 6) is -1.70. The van der Waals surface area contributed by atoms with Crippen LogP contribution in [0.4, 0.5) is 9.93 Å². The van der Waals surface area contributed by atoms with E-state index in [9.17, 15) is 9.59 Å². The maximum absolute atomic E-state index is 11.7. The van der Waals surface area contributed by atoms with Crippen molar-refractivity contribution < 1.29 is 19.4 Å². The Balaban J connectivity index is 1.88. The molecule has 2 unspecified atom stereocenters. The third-order valence-corrected chi connectivity index (χ3v) is 3.69. The molecule has 0 bridgehead atoms. The molecule has 0 saturated carbocycles. The standard InChI is InChI=1S/C10H14N4O4S/c1-2-7-13-14-10(19-7)12-9(17)11-6-4-18-3-5(6)8(15)16/h5-6H,2-4H2,1H3,(H,15,16)(H2,11,12,14,17). The number of nitrogens with one attached hydrogen (secondary N) is 2. The molecule has 2 atom stereocenters. The van der Waals surface area contributed by atoms with Crippen molar-refractivity contribution >= 4 is 28.5 Å². The second-order valence-electron chi connectivity index (χ2n) is 4.04. The zero-order chi connectivity index (χ0) is 13.8. The summed E-state index contributed by atoms with van der Waals surface area (Å²) in [4.78, 5) is 22.6. The Morgan fingerprint density at radius 2 is 2.26 bits per heavy atom. The summed E-state index contributed by atoms with van der Waals surface area (Å²) in [6.45, 7) is 2.25. The van der Waals surface area contributed by atoms with Gasteiger partial charge in [0.05, 0.1) is 19.3 Å². The van der Waals surface area contributed by atoms with Crippen LogP contribution in [0.3, 0.4) is 0 Å². The molecule has 8 nitrogen and oxygen atoms in total. The van der Waals surface area contributed by atoms with Crippen LogP contribution in [-0.2, 0) is 16.0 Å². The molecular weight excluding hydrogens is 272 g/mol. The molecule has 104 valence electrons. The van der Waals surface area contributed by atoms with Crippen LogP contribution < -0.4 is 10.6 Å². The average Bonchev–Trinajstić information content (AvgIpc) is 2.97. The number of anilines is 1. The zero-order valence-electron chi connectivity index (χ0n) is 10.3. The van der Waals surface area contributed by atoms with E-state index in [1.165, 1.54) is 11.3 Å². The minimum atomic E-state index is -0.980. The lowest BCUT2D eigenvalue weighted by Gasteiger charge is -2.15. The number of carboxylic acid groups (broad SMARTS) is 1. The second-order valence-corrected chi connectivity index (χ2v) is 5.10. The van der Waals surface area contributed by atoms with Gasteiger partial charge in [-0.25, -0.2) is 4.79 Å². The highest BCUT2D eigenvalue weighted by molar-refractivity contribution is 7.15. The number of amides is 2. The van der Waals surface area contributed by atoms with Crippen LogP contribution in [0.1, 0.15) is 11.9 Å². The van der Waals surface area contributed by atoms with Crippen molar-refractivity contribution in [3.05, 3.63) is 5.01 Å². The van der Waals surface area contributed by atoms with Gasteiger partial charge in [-0.1, -0.05) is 18.3 Å². The molecule has 0 radical (unpaired) electrons. The maximum Gasteiger partial charge on any atom is 0.321 e. The fourth-order valence-corrected chi connectivity index (χ4v) is 2.36.